The number of aliphatic hydroxyl groups excluding tert-OH is 1. The van der Waals surface area contributed by atoms with Gasteiger partial charge >= 0.3 is 0 Å². The van der Waals surface area contributed by atoms with Gasteiger partial charge in [-0.25, -0.2) is 8.42 Å². The SMILES string of the molecule is O=S1(=O)C[C@@H](O)[C@H](Nc2ccc3ccccc3c2)C1. The van der Waals surface area contributed by atoms with Crippen molar-refractivity contribution in [3.63, 3.8) is 0 Å². The highest BCUT2D eigenvalue weighted by Gasteiger charge is 2.36. The fourth-order valence-corrected chi connectivity index (χ4v) is 4.20. The van der Waals surface area contributed by atoms with Crippen molar-refractivity contribution in [3.05, 3.63) is 42.5 Å². The molecular weight excluding hydrogens is 262 g/mol. The number of sulfone groups is 1. The molecule has 1 aliphatic rings. The van der Waals surface area contributed by atoms with Crippen LogP contribution in [0.5, 0.6) is 0 Å². The van der Waals surface area contributed by atoms with Crippen LogP contribution >= 0.6 is 0 Å². The molecule has 0 spiro atoms. The van der Waals surface area contributed by atoms with Crippen molar-refractivity contribution in [3.8, 4) is 0 Å². The van der Waals surface area contributed by atoms with Gasteiger partial charge in [0.2, 0.25) is 0 Å². The Morgan fingerprint density at radius 1 is 1.05 bits per heavy atom. The molecule has 0 amide bonds. The number of anilines is 1. The van der Waals surface area contributed by atoms with Crippen molar-refractivity contribution in [1.82, 2.24) is 0 Å². The number of hydrogen-bond acceptors (Lipinski definition) is 4. The molecule has 19 heavy (non-hydrogen) atoms. The Morgan fingerprint density at radius 2 is 1.79 bits per heavy atom. The van der Waals surface area contributed by atoms with Gasteiger partial charge in [0, 0.05) is 5.69 Å². The Labute approximate surface area is 112 Å². The highest BCUT2D eigenvalue weighted by atomic mass is 32.2. The van der Waals surface area contributed by atoms with E-state index in [0.29, 0.717) is 0 Å². The number of hydrogen-bond donors (Lipinski definition) is 2. The minimum Gasteiger partial charge on any atom is -0.390 e. The van der Waals surface area contributed by atoms with E-state index in [0.717, 1.165) is 16.5 Å². The van der Waals surface area contributed by atoms with Gasteiger partial charge in [-0.1, -0.05) is 30.3 Å². The van der Waals surface area contributed by atoms with Gasteiger partial charge in [0.15, 0.2) is 9.84 Å². The molecular formula is C14H15NO3S. The molecule has 100 valence electrons. The van der Waals surface area contributed by atoms with Crippen LogP contribution in [0.1, 0.15) is 0 Å². The van der Waals surface area contributed by atoms with Crippen molar-refractivity contribution < 1.29 is 13.5 Å². The molecule has 0 bridgehead atoms. The molecule has 0 unspecified atom stereocenters. The Hall–Kier alpha value is -1.59. The second-order valence-corrected chi connectivity index (χ2v) is 7.11. The van der Waals surface area contributed by atoms with Crippen LogP contribution in [0.4, 0.5) is 5.69 Å². The van der Waals surface area contributed by atoms with Gasteiger partial charge in [0.05, 0.1) is 23.7 Å². The minimum absolute atomic E-state index is 0.0129. The second kappa shape index (κ2) is 4.51. The zero-order chi connectivity index (χ0) is 13.5. The lowest BCUT2D eigenvalue weighted by Gasteiger charge is -2.16. The molecule has 1 aliphatic heterocycles. The molecule has 0 saturated carbocycles. The lowest BCUT2D eigenvalue weighted by atomic mass is 10.1. The first-order valence-electron chi connectivity index (χ1n) is 6.17. The lowest BCUT2D eigenvalue weighted by molar-refractivity contribution is 0.190. The maximum atomic E-state index is 11.5. The van der Waals surface area contributed by atoms with Gasteiger partial charge in [-0.15, -0.1) is 0 Å². The smallest absolute Gasteiger partial charge is 0.155 e. The summed E-state index contributed by atoms with van der Waals surface area (Å²) >= 11 is 0. The Morgan fingerprint density at radius 3 is 2.47 bits per heavy atom. The average Bonchev–Trinajstić information content (AvgIpc) is 2.62. The van der Waals surface area contributed by atoms with E-state index in [2.05, 4.69) is 5.32 Å². The van der Waals surface area contributed by atoms with Crippen molar-refractivity contribution >= 4 is 26.3 Å². The van der Waals surface area contributed by atoms with Crippen LogP contribution in [0.15, 0.2) is 42.5 Å². The predicted molar refractivity (Wildman–Crippen MR) is 76.0 cm³/mol. The van der Waals surface area contributed by atoms with Crippen LogP contribution in [-0.2, 0) is 9.84 Å². The zero-order valence-electron chi connectivity index (χ0n) is 10.3. The van der Waals surface area contributed by atoms with E-state index in [1.165, 1.54) is 0 Å². The lowest BCUT2D eigenvalue weighted by Crippen LogP contribution is -2.31. The van der Waals surface area contributed by atoms with E-state index in [-0.39, 0.29) is 11.5 Å². The third-order valence-corrected chi connectivity index (χ3v) is 5.14. The van der Waals surface area contributed by atoms with Crippen molar-refractivity contribution in [2.24, 2.45) is 0 Å². The van der Waals surface area contributed by atoms with Gasteiger partial charge in [-0.3, -0.25) is 0 Å². The molecule has 2 N–H and O–H groups in total. The summed E-state index contributed by atoms with van der Waals surface area (Å²) in [5.74, 6) is -0.167. The molecule has 5 heteroatoms. The number of rotatable bonds is 2. The Balaban J connectivity index is 1.86. The molecule has 2 aromatic carbocycles. The van der Waals surface area contributed by atoms with Crippen LogP contribution in [0.25, 0.3) is 10.8 Å². The molecule has 2 aromatic rings. The summed E-state index contributed by atoms with van der Waals surface area (Å²) in [5.41, 5.74) is 0.833. The van der Waals surface area contributed by atoms with Gasteiger partial charge in [0.1, 0.15) is 0 Å². The summed E-state index contributed by atoms with van der Waals surface area (Å²) in [4.78, 5) is 0. The number of fused-ring (bicyclic) bond motifs is 1. The molecule has 1 heterocycles. The summed E-state index contributed by atoms with van der Waals surface area (Å²) < 4.78 is 22.9. The van der Waals surface area contributed by atoms with E-state index < -0.39 is 22.0 Å². The summed E-state index contributed by atoms with van der Waals surface area (Å²) in [6.07, 6.45) is -0.837. The van der Waals surface area contributed by atoms with E-state index in [1.54, 1.807) is 0 Å². The zero-order valence-corrected chi connectivity index (χ0v) is 11.1. The van der Waals surface area contributed by atoms with Crippen LogP contribution in [0.3, 0.4) is 0 Å². The van der Waals surface area contributed by atoms with Gasteiger partial charge < -0.3 is 10.4 Å². The Kier molecular flexibility index (Phi) is 2.95. The maximum absolute atomic E-state index is 11.5. The largest absolute Gasteiger partial charge is 0.390 e. The first-order chi connectivity index (χ1) is 9.03. The summed E-state index contributed by atoms with van der Waals surface area (Å²) in [6.45, 7) is 0. The van der Waals surface area contributed by atoms with E-state index in [4.69, 9.17) is 0 Å². The van der Waals surface area contributed by atoms with E-state index >= 15 is 0 Å². The normalized spacial score (nSPS) is 25.5. The molecule has 1 fully saturated rings. The third-order valence-electron chi connectivity index (χ3n) is 3.42. The van der Waals surface area contributed by atoms with Crippen LogP contribution < -0.4 is 5.32 Å². The van der Waals surface area contributed by atoms with Gasteiger partial charge in [0.25, 0.3) is 0 Å². The number of benzene rings is 2. The van der Waals surface area contributed by atoms with Crippen LogP contribution in [-0.4, -0.2) is 37.2 Å². The fourth-order valence-electron chi connectivity index (χ4n) is 2.46. The van der Waals surface area contributed by atoms with Crippen LogP contribution in [0.2, 0.25) is 0 Å². The van der Waals surface area contributed by atoms with Gasteiger partial charge in [-0.2, -0.15) is 0 Å². The summed E-state index contributed by atoms with van der Waals surface area (Å²) in [7, 11) is -3.12. The van der Waals surface area contributed by atoms with Gasteiger partial charge in [-0.05, 0) is 22.9 Å². The monoisotopic (exact) mass is 277 g/mol. The third kappa shape index (κ3) is 2.57. The second-order valence-electron chi connectivity index (χ2n) is 4.96. The first-order valence-corrected chi connectivity index (χ1v) is 7.99. The molecule has 3 rings (SSSR count). The Bertz CT molecular complexity index is 711. The number of nitrogens with one attached hydrogen (secondary N) is 1. The predicted octanol–water partition coefficient (Wildman–Crippen LogP) is 1.41. The standard InChI is InChI=1S/C14H15NO3S/c16-14-9-19(17,18)8-13(14)15-12-6-5-10-3-1-2-4-11(10)7-12/h1-7,13-16H,8-9H2/t13-,14-/m1/s1. The molecule has 0 radical (unpaired) electrons. The number of aliphatic hydroxyl groups is 1. The topological polar surface area (TPSA) is 66.4 Å². The maximum Gasteiger partial charge on any atom is 0.155 e. The quantitative estimate of drug-likeness (QED) is 0.871. The summed E-state index contributed by atoms with van der Waals surface area (Å²) in [6, 6.07) is 13.4. The molecule has 0 aromatic heterocycles. The molecule has 4 nitrogen and oxygen atoms in total. The molecule has 0 aliphatic carbocycles. The average molecular weight is 277 g/mol. The van der Waals surface area contributed by atoms with Crippen molar-refractivity contribution in [2.45, 2.75) is 12.1 Å². The fraction of sp³-hybridized carbons (Fsp3) is 0.286. The molecule has 2 atom stereocenters. The highest BCUT2D eigenvalue weighted by molar-refractivity contribution is 7.91. The summed E-state index contributed by atoms with van der Waals surface area (Å²) in [5, 5.41) is 15.1. The van der Waals surface area contributed by atoms with Crippen molar-refractivity contribution in [2.75, 3.05) is 16.8 Å². The molecule has 1 saturated heterocycles. The first kappa shape index (κ1) is 12.4. The minimum atomic E-state index is -3.12. The van der Waals surface area contributed by atoms with Crippen molar-refractivity contribution in [1.29, 1.82) is 0 Å². The van der Waals surface area contributed by atoms with Crippen LogP contribution in [0, 0.1) is 0 Å². The van der Waals surface area contributed by atoms with E-state index in [1.807, 2.05) is 42.5 Å². The highest BCUT2D eigenvalue weighted by Crippen LogP contribution is 2.22. The van der Waals surface area contributed by atoms with E-state index in [9.17, 15) is 13.5 Å².